The van der Waals surface area contributed by atoms with Crippen molar-refractivity contribution in [2.24, 2.45) is 0 Å². The lowest BCUT2D eigenvalue weighted by Crippen LogP contribution is -2.23. The summed E-state index contributed by atoms with van der Waals surface area (Å²) in [5, 5.41) is 0. The molecule has 1 N–H and O–H groups in total. The van der Waals surface area contributed by atoms with Crippen LogP contribution in [-0.2, 0) is 10.0 Å². The fourth-order valence-corrected chi connectivity index (χ4v) is 4.43. The standard InChI is InChI=1S/C11H17Cl2NO2S2/c1-9-8-10(17-11(9)13)18(15,16)14-7-5-3-2-4-6-12/h8,14H,2-7H2,1H3. The molecule has 1 aromatic heterocycles. The maximum absolute atomic E-state index is 11.9. The predicted octanol–water partition coefficient (Wildman–Crippen LogP) is 3.79. The molecule has 0 spiro atoms. The van der Waals surface area contributed by atoms with Crippen molar-refractivity contribution >= 4 is 44.6 Å². The Hall–Kier alpha value is 0.190. The monoisotopic (exact) mass is 329 g/mol. The van der Waals surface area contributed by atoms with Gasteiger partial charge in [0.15, 0.2) is 0 Å². The van der Waals surface area contributed by atoms with E-state index in [9.17, 15) is 8.42 Å². The number of hydrogen-bond acceptors (Lipinski definition) is 3. The van der Waals surface area contributed by atoms with Crippen LogP contribution in [0.15, 0.2) is 10.3 Å². The molecule has 0 aliphatic carbocycles. The van der Waals surface area contributed by atoms with Crippen molar-refractivity contribution in [3.8, 4) is 0 Å². The van der Waals surface area contributed by atoms with E-state index < -0.39 is 10.0 Å². The quantitative estimate of drug-likeness (QED) is 0.582. The Balaban J connectivity index is 2.41. The zero-order valence-electron chi connectivity index (χ0n) is 10.2. The van der Waals surface area contributed by atoms with Gasteiger partial charge >= 0.3 is 0 Å². The van der Waals surface area contributed by atoms with E-state index in [0.29, 0.717) is 16.8 Å². The normalized spacial score (nSPS) is 11.9. The van der Waals surface area contributed by atoms with E-state index >= 15 is 0 Å². The molecular formula is C11H17Cl2NO2S2. The molecule has 0 aliphatic heterocycles. The maximum Gasteiger partial charge on any atom is 0.250 e. The summed E-state index contributed by atoms with van der Waals surface area (Å²) in [5.41, 5.74) is 0.796. The van der Waals surface area contributed by atoms with E-state index in [1.165, 1.54) is 0 Å². The fraction of sp³-hybridized carbons (Fsp3) is 0.636. The summed E-state index contributed by atoms with van der Waals surface area (Å²) < 4.78 is 27.2. The summed E-state index contributed by atoms with van der Waals surface area (Å²) >= 11 is 12.5. The van der Waals surface area contributed by atoms with Gasteiger partial charge in [-0.2, -0.15) is 0 Å². The van der Waals surface area contributed by atoms with Crippen molar-refractivity contribution in [3.63, 3.8) is 0 Å². The van der Waals surface area contributed by atoms with E-state index in [0.717, 1.165) is 42.6 Å². The van der Waals surface area contributed by atoms with Crippen molar-refractivity contribution in [2.45, 2.75) is 36.8 Å². The van der Waals surface area contributed by atoms with Gasteiger partial charge in [-0.15, -0.1) is 22.9 Å². The molecule has 0 aromatic carbocycles. The van der Waals surface area contributed by atoms with Gasteiger partial charge in [-0.05, 0) is 31.4 Å². The molecule has 1 aromatic rings. The third-order valence-electron chi connectivity index (χ3n) is 2.45. The molecular weight excluding hydrogens is 313 g/mol. The fourth-order valence-electron chi connectivity index (χ4n) is 1.41. The molecule has 1 heterocycles. The zero-order valence-corrected chi connectivity index (χ0v) is 13.4. The topological polar surface area (TPSA) is 46.2 Å². The lowest BCUT2D eigenvalue weighted by molar-refractivity contribution is 0.575. The highest BCUT2D eigenvalue weighted by Gasteiger charge is 2.17. The van der Waals surface area contributed by atoms with E-state index in [-0.39, 0.29) is 4.21 Å². The van der Waals surface area contributed by atoms with Gasteiger partial charge in [-0.25, -0.2) is 13.1 Å². The molecule has 0 amide bonds. The Bertz CT molecular complexity index is 452. The van der Waals surface area contributed by atoms with Crippen molar-refractivity contribution in [1.82, 2.24) is 4.72 Å². The largest absolute Gasteiger partial charge is 0.250 e. The number of sulfonamides is 1. The number of aryl methyl sites for hydroxylation is 1. The molecule has 0 fully saturated rings. The van der Waals surface area contributed by atoms with Gasteiger partial charge in [0, 0.05) is 12.4 Å². The molecule has 0 saturated heterocycles. The Morgan fingerprint density at radius 3 is 2.50 bits per heavy atom. The van der Waals surface area contributed by atoms with Gasteiger partial charge in [0.05, 0.1) is 4.34 Å². The van der Waals surface area contributed by atoms with E-state index in [2.05, 4.69) is 4.72 Å². The third kappa shape index (κ3) is 5.05. The average molecular weight is 330 g/mol. The van der Waals surface area contributed by atoms with Gasteiger partial charge in [-0.3, -0.25) is 0 Å². The molecule has 0 atom stereocenters. The number of rotatable bonds is 8. The number of alkyl halides is 1. The van der Waals surface area contributed by atoms with E-state index in [1.807, 2.05) is 0 Å². The van der Waals surface area contributed by atoms with Gasteiger partial charge in [-0.1, -0.05) is 24.4 Å². The summed E-state index contributed by atoms with van der Waals surface area (Å²) in [6.45, 7) is 2.25. The van der Waals surface area contributed by atoms with Crippen LogP contribution in [0.3, 0.4) is 0 Å². The van der Waals surface area contributed by atoms with Crippen LogP contribution in [0.5, 0.6) is 0 Å². The number of thiophene rings is 1. The van der Waals surface area contributed by atoms with E-state index in [1.54, 1.807) is 13.0 Å². The van der Waals surface area contributed by atoms with Crippen LogP contribution in [0.1, 0.15) is 31.2 Å². The first-order chi connectivity index (χ1) is 8.47. The molecule has 7 heteroatoms. The van der Waals surface area contributed by atoms with Gasteiger partial charge in [0.2, 0.25) is 10.0 Å². The number of nitrogens with one attached hydrogen (secondary N) is 1. The minimum atomic E-state index is -3.40. The first-order valence-corrected chi connectivity index (χ1v) is 9.00. The molecule has 0 aliphatic rings. The third-order valence-corrected chi connectivity index (χ3v) is 6.21. The first-order valence-electron chi connectivity index (χ1n) is 5.79. The maximum atomic E-state index is 11.9. The second-order valence-corrected chi connectivity index (χ2v) is 8.05. The molecule has 104 valence electrons. The lowest BCUT2D eigenvalue weighted by atomic mass is 10.2. The van der Waals surface area contributed by atoms with Crippen molar-refractivity contribution in [2.75, 3.05) is 12.4 Å². The summed E-state index contributed by atoms with van der Waals surface area (Å²) in [7, 11) is -3.40. The summed E-state index contributed by atoms with van der Waals surface area (Å²) in [6, 6.07) is 1.60. The van der Waals surface area contributed by atoms with Crippen molar-refractivity contribution < 1.29 is 8.42 Å². The summed E-state index contributed by atoms with van der Waals surface area (Å²) in [6.07, 6.45) is 3.83. The summed E-state index contributed by atoms with van der Waals surface area (Å²) in [5.74, 6) is 0.665. The first kappa shape index (κ1) is 16.2. The van der Waals surface area contributed by atoms with E-state index in [4.69, 9.17) is 23.2 Å². The smallest absolute Gasteiger partial charge is 0.210 e. The Labute approximate surface area is 123 Å². The van der Waals surface area contributed by atoms with Gasteiger partial charge in [0.25, 0.3) is 0 Å². The highest BCUT2D eigenvalue weighted by molar-refractivity contribution is 7.91. The molecule has 1 rings (SSSR count). The second kappa shape index (κ2) is 7.70. The molecule has 0 bridgehead atoms. The van der Waals surface area contributed by atoms with Crippen LogP contribution in [0.4, 0.5) is 0 Å². The SMILES string of the molecule is Cc1cc(S(=O)(=O)NCCCCCCCl)sc1Cl. The minimum absolute atomic E-state index is 0.283. The Morgan fingerprint density at radius 2 is 1.94 bits per heavy atom. The zero-order chi connectivity index (χ0) is 13.6. The van der Waals surface area contributed by atoms with Crippen LogP contribution in [0.2, 0.25) is 4.34 Å². The molecule has 0 radical (unpaired) electrons. The van der Waals surface area contributed by atoms with Crippen LogP contribution in [0.25, 0.3) is 0 Å². The molecule has 0 unspecified atom stereocenters. The molecule has 3 nitrogen and oxygen atoms in total. The Kier molecular flexibility index (Phi) is 6.95. The van der Waals surface area contributed by atoms with Gasteiger partial charge < -0.3 is 0 Å². The van der Waals surface area contributed by atoms with Crippen LogP contribution in [0, 0.1) is 6.92 Å². The molecule has 0 saturated carbocycles. The number of unbranched alkanes of at least 4 members (excludes halogenated alkanes) is 3. The lowest BCUT2D eigenvalue weighted by Gasteiger charge is -2.04. The highest BCUT2D eigenvalue weighted by atomic mass is 35.5. The summed E-state index contributed by atoms with van der Waals surface area (Å²) in [4.78, 5) is 0. The average Bonchev–Trinajstić information content (AvgIpc) is 2.65. The van der Waals surface area contributed by atoms with Crippen molar-refractivity contribution in [1.29, 1.82) is 0 Å². The minimum Gasteiger partial charge on any atom is -0.210 e. The Morgan fingerprint density at radius 1 is 1.28 bits per heavy atom. The molecule has 18 heavy (non-hydrogen) atoms. The van der Waals surface area contributed by atoms with Crippen LogP contribution < -0.4 is 4.72 Å². The van der Waals surface area contributed by atoms with Crippen LogP contribution in [-0.4, -0.2) is 20.8 Å². The second-order valence-electron chi connectivity index (χ2n) is 4.02. The van der Waals surface area contributed by atoms with Gasteiger partial charge in [0.1, 0.15) is 4.21 Å². The number of halogens is 2. The number of hydrogen-bond donors (Lipinski definition) is 1. The van der Waals surface area contributed by atoms with Crippen molar-refractivity contribution in [3.05, 3.63) is 16.0 Å². The highest BCUT2D eigenvalue weighted by Crippen LogP contribution is 2.29. The predicted molar refractivity (Wildman–Crippen MR) is 78.4 cm³/mol. The van der Waals surface area contributed by atoms with Crippen LogP contribution >= 0.6 is 34.5 Å².